The first-order valence-corrected chi connectivity index (χ1v) is 11.3. The van der Waals surface area contributed by atoms with E-state index in [1.165, 1.54) is 0 Å². The van der Waals surface area contributed by atoms with Crippen LogP contribution in [0.2, 0.25) is 0 Å². The number of rotatable bonds is 13. The Hall–Kier alpha value is -2.66. The Bertz CT molecular complexity index is 876. The molecule has 1 atom stereocenters. The summed E-state index contributed by atoms with van der Waals surface area (Å²) in [5.74, 6) is -0.245. The highest BCUT2D eigenvalue weighted by Gasteiger charge is 2.21. The molecule has 0 radical (unpaired) electrons. The van der Waals surface area contributed by atoms with Crippen LogP contribution in [0.1, 0.15) is 52.0 Å². The van der Waals surface area contributed by atoms with Crippen LogP contribution in [-0.2, 0) is 16.0 Å². The summed E-state index contributed by atoms with van der Waals surface area (Å²) < 4.78 is 0. The van der Waals surface area contributed by atoms with Crippen LogP contribution in [0, 0.1) is 0 Å². The Morgan fingerprint density at radius 2 is 1.71 bits per heavy atom. The van der Waals surface area contributed by atoms with Gasteiger partial charge in [-0.25, -0.2) is 0 Å². The number of carbonyl (C=O) groups excluding carboxylic acids is 2. The number of unbranched alkanes of at least 4 members (excludes halogenated alkanes) is 1. The van der Waals surface area contributed by atoms with E-state index < -0.39 is 6.04 Å². The molecule has 0 aromatic heterocycles. The van der Waals surface area contributed by atoms with Crippen molar-refractivity contribution in [3.05, 3.63) is 60.2 Å². The van der Waals surface area contributed by atoms with Crippen LogP contribution in [0.25, 0.3) is 10.8 Å². The molecule has 31 heavy (non-hydrogen) atoms. The predicted octanol–water partition coefficient (Wildman–Crippen LogP) is 4.12. The lowest BCUT2D eigenvalue weighted by Crippen LogP contribution is -2.48. The molecule has 0 aliphatic carbocycles. The van der Waals surface area contributed by atoms with Gasteiger partial charge in [0.2, 0.25) is 11.8 Å². The fourth-order valence-electron chi connectivity index (χ4n) is 3.44. The van der Waals surface area contributed by atoms with Gasteiger partial charge in [0.05, 0.1) is 0 Å². The lowest BCUT2D eigenvalue weighted by atomic mass is 10.0. The van der Waals surface area contributed by atoms with Crippen LogP contribution in [0.15, 0.2) is 54.6 Å². The number of hydrogen-bond acceptors (Lipinski definition) is 3. The van der Waals surface area contributed by atoms with E-state index in [0.29, 0.717) is 32.0 Å². The van der Waals surface area contributed by atoms with Gasteiger partial charge >= 0.3 is 0 Å². The maximum Gasteiger partial charge on any atom is 0.242 e. The fourth-order valence-corrected chi connectivity index (χ4v) is 3.44. The van der Waals surface area contributed by atoms with E-state index in [4.69, 9.17) is 0 Å². The minimum atomic E-state index is -0.589. The monoisotopic (exact) mass is 423 g/mol. The van der Waals surface area contributed by atoms with Crippen molar-refractivity contribution in [2.24, 2.45) is 0 Å². The molecule has 2 aromatic rings. The van der Waals surface area contributed by atoms with Crippen molar-refractivity contribution >= 4 is 22.6 Å². The molecule has 0 spiro atoms. The van der Waals surface area contributed by atoms with Crippen LogP contribution in [0.4, 0.5) is 0 Å². The zero-order chi connectivity index (χ0) is 22.6. The van der Waals surface area contributed by atoms with Gasteiger partial charge in [-0.15, -0.1) is 6.58 Å². The van der Waals surface area contributed by atoms with Gasteiger partial charge in [0, 0.05) is 32.0 Å². The van der Waals surface area contributed by atoms with E-state index >= 15 is 0 Å². The molecule has 0 aliphatic rings. The normalized spacial score (nSPS) is 12.0. The Morgan fingerprint density at radius 1 is 0.968 bits per heavy atom. The lowest BCUT2D eigenvalue weighted by Gasteiger charge is -2.19. The summed E-state index contributed by atoms with van der Waals surface area (Å²) in [6, 6.07) is 14.1. The number of benzene rings is 2. The molecule has 0 bridgehead atoms. The number of nitrogens with one attached hydrogen (secondary N) is 3. The van der Waals surface area contributed by atoms with Crippen molar-refractivity contribution in [1.29, 1.82) is 0 Å². The van der Waals surface area contributed by atoms with Crippen LogP contribution >= 0.6 is 0 Å². The van der Waals surface area contributed by atoms with Gasteiger partial charge in [-0.2, -0.15) is 0 Å². The Morgan fingerprint density at radius 3 is 2.42 bits per heavy atom. The highest BCUT2D eigenvalue weighted by molar-refractivity contribution is 5.88. The highest BCUT2D eigenvalue weighted by Crippen LogP contribution is 2.17. The third-order valence-electron chi connectivity index (χ3n) is 5.14. The SMILES string of the molecule is C=C(C)CCCCNC(=O)[C@@H](Cc1ccc2ccccc2c1)NC(=O)CCNC(C)C. The molecule has 3 N–H and O–H groups in total. The summed E-state index contributed by atoms with van der Waals surface area (Å²) in [7, 11) is 0. The van der Waals surface area contributed by atoms with Crippen molar-refractivity contribution in [1.82, 2.24) is 16.0 Å². The van der Waals surface area contributed by atoms with Gasteiger partial charge in [0.1, 0.15) is 6.04 Å². The molecule has 168 valence electrons. The first-order valence-electron chi connectivity index (χ1n) is 11.3. The Labute approximate surface area is 186 Å². The second kappa shape index (κ2) is 12.9. The maximum absolute atomic E-state index is 12.9. The molecule has 2 rings (SSSR count). The molecule has 5 nitrogen and oxygen atoms in total. The fraction of sp³-hybridized carbons (Fsp3) is 0.462. The van der Waals surface area contributed by atoms with E-state index in [-0.39, 0.29) is 11.8 Å². The Kier molecular flexibility index (Phi) is 10.2. The van der Waals surface area contributed by atoms with Crippen LogP contribution < -0.4 is 16.0 Å². The second-order valence-corrected chi connectivity index (χ2v) is 8.57. The van der Waals surface area contributed by atoms with Crippen molar-refractivity contribution in [2.45, 2.75) is 65.0 Å². The number of fused-ring (bicyclic) bond motifs is 1. The molecule has 2 aromatic carbocycles. The van der Waals surface area contributed by atoms with Crippen molar-refractivity contribution in [3.8, 4) is 0 Å². The van der Waals surface area contributed by atoms with Crippen molar-refractivity contribution < 1.29 is 9.59 Å². The average molecular weight is 424 g/mol. The van der Waals surface area contributed by atoms with Crippen molar-refractivity contribution in [3.63, 3.8) is 0 Å². The zero-order valence-corrected chi connectivity index (χ0v) is 19.2. The highest BCUT2D eigenvalue weighted by atomic mass is 16.2. The van der Waals surface area contributed by atoms with E-state index in [1.54, 1.807) is 0 Å². The summed E-state index contributed by atoms with van der Waals surface area (Å²) in [6.07, 6.45) is 3.67. The maximum atomic E-state index is 12.9. The predicted molar refractivity (Wildman–Crippen MR) is 129 cm³/mol. The summed E-state index contributed by atoms with van der Waals surface area (Å²) in [5, 5.41) is 11.5. The average Bonchev–Trinajstić information content (AvgIpc) is 2.72. The molecular formula is C26H37N3O2. The van der Waals surface area contributed by atoms with Crippen molar-refractivity contribution in [2.75, 3.05) is 13.1 Å². The van der Waals surface area contributed by atoms with E-state index in [1.807, 2.05) is 39.0 Å². The van der Waals surface area contributed by atoms with Crippen LogP contribution in [0.5, 0.6) is 0 Å². The third kappa shape index (κ3) is 9.35. The van der Waals surface area contributed by atoms with Crippen LogP contribution in [0.3, 0.4) is 0 Å². The largest absolute Gasteiger partial charge is 0.354 e. The van der Waals surface area contributed by atoms with Crippen LogP contribution in [-0.4, -0.2) is 37.0 Å². The lowest BCUT2D eigenvalue weighted by molar-refractivity contribution is -0.129. The molecule has 0 unspecified atom stereocenters. The summed E-state index contributed by atoms with van der Waals surface area (Å²) >= 11 is 0. The number of amides is 2. The minimum Gasteiger partial charge on any atom is -0.354 e. The topological polar surface area (TPSA) is 70.2 Å². The minimum absolute atomic E-state index is 0.114. The van der Waals surface area contributed by atoms with Gasteiger partial charge in [0.25, 0.3) is 0 Å². The molecule has 0 fully saturated rings. The van der Waals surface area contributed by atoms with Gasteiger partial charge in [-0.3, -0.25) is 9.59 Å². The van der Waals surface area contributed by atoms with Gasteiger partial charge in [-0.1, -0.05) is 61.9 Å². The van der Waals surface area contributed by atoms with Gasteiger partial charge in [0.15, 0.2) is 0 Å². The number of allylic oxidation sites excluding steroid dienone is 1. The standard InChI is InChI=1S/C26H37N3O2/c1-19(2)9-7-8-15-28-26(31)24(29-25(30)14-16-27-20(3)4)18-21-12-13-22-10-5-6-11-23(22)17-21/h5-6,10-13,17,20,24,27H,1,7-9,14-16,18H2,2-4H3,(H,28,31)(H,29,30)/t24-/m1/s1. The smallest absolute Gasteiger partial charge is 0.242 e. The van der Waals surface area contributed by atoms with E-state index in [2.05, 4.69) is 46.8 Å². The molecule has 0 saturated heterocycles. The van der Waals surface area contributed by atoms with Gasteiger partial charge in [-0.05, 0) is 42.5 Å². The zero-order valence-electron chi connectivity index (χ0n) is 19.2. The first-order chi connectivity index (χ1) is 14.8. The molecule has 5 heteroatoms. The first kappa shape index (κ1) is 24.6. The quantitative estimate of drug-likeness (QED) is 0.335. The third-order valence-corrected chi connectivity index (χ3v) is 5.14. The number of carbonyl (C=O) groups is 2. The molecule has 0 aliphatic heterocycles. The van der Waals surface area contributed by atoms with E-state index in [9.17, 15) is 9.59 Å². The molecular weight excluding hydrogens is 386 g/mol. The second-order valence-electron chi connectivity index (χ2n) is 8.57. The molecule has 0 saturated carbocycles. The molecule has 2 amide bonds. The summed E-state index contributed by atoms with van der Waals surface area (Å²) in [4.78, 5) is 25.3. The number of hydrogen-bond donors (Lipinski definition) is 3. The van der Waals surface area contributed by atoms with Gasteiger partial charge < -0.3 is 16.0 Å². The van der Waals surface area contributed by atoms with E-state index in [0.717, 1.165) is 41.2 Å². The Balaban J connectivity index is 2.00. The summed E-state index contributed by atoms with van der Waals surface area (Å²) in [5.41, 5.74) is 2.18. The molecule has 0 heterocycles. The summed E-state index contributed by atoms with van der Waals surface area (Å²) in [6.45, 7) is 11.2.